The van der Waals surface area contributed by atoms with Crippen molar-refractivity contribution in [3.8, 4) is 28.5 Å². The van der Waals surface area contributed by atoms with E-state index in [1.807, 2.05) is 43.3 Å². The van der Waals surface area contributed by atoms with Gasteiger partial charge in [-0.25, -0.2) is 4.98 Å². The Labute approximate surface area is 191 Å². The van der Waals surface area contributed by atoms with Crippen LogP contribution in [-0.4, -0.2) is 23.4 Å². The van der Waals surface area contributed by atoms with Crippen LogP contribution >= 0.6 is 0 Å². The Hall–Kier alpha value is -4.39. The van der Waals surface area contributed by atoms with Gasteiger partial charge in [-0.1, -0.05) is 24.3 Å². The Morgan fingerprint density at radius 1 is 0.879 bits per heavy atom. The van der Waals surface area contributed by atoms with Gasteiger partial charge >= 0.3 is 0 Å². The molecule has 0 bridgehead atoms. The van der Waals surface area contributed by atoms with Crippen molar-refractivity contribution in [2.75, 3.05) is 17.2 Å². The second-order valence-corrected chi connectivity index (χ2v) is 7.24. The monoisotopic (exact) mass is 441 g/mol. The summed E-state index contributed by atoms with van der Waals surface area (Å²) in [6.07, 6.45) is 0. The average molecular weight is 441 g/mol. The van der Waals surface area contributed by atoms with Crippen molar-refractivity contribution in [2.24, 2.45) is 0 Å². The second-order valence-electron chi connectivity index (χ2n) is 7.24. The third kappa shape index (κ3) is 5.27. The summed E-state index contributed by atoms with van der Waals surface area (Å²) in [4.78, 5) is 29.0. The van der Waals surface area contributed by atoms with E-state index in [1.165, 1.54) is 6.92 Å². The van der Waals surface area contributed by atoms with Crippen molar-refractivity contribution >= 4 is 23.2 Å². The van der Waals surface area contributed by atoms with Crippen molar-refractivity contribution in [1.29, 1.82) is 0 Å². The second kappa shape index (κ2) is 9.82. The Balaban J connectivity index is 1.70. The lowest BCUT2D eigenvalue weighted by molar-refractivity contribution is -0.114. The molecule has 4 rings (SSSR count). The molecule has 7 heteroatoms. The Morgan fingerprint density at radius 3 is 2.33 bits per heavy atom. The number of nitrogens with zero attached hydrogens (tertiary/aromatic N) is 1. The highest BCUT2D eigenvalue weighted by molar-refractivity contribution is 6.07. The Morgan fingerprint density at radius 2 is 1.64 bits per heavy atom. The maximum atomic E-state index is 13.2. The molecule has 3 aromatic carbocycles. The Kier molecular flexibility index (Phi) is 6.50. The third-order valence-corrected chi connectivity index (χ3v) is 4.73. The van der Waals surface area contributed by atoms with Crippen LogP contribution in [0.5, 0.6) is 5.75 Å². The minimum absolute atomic E-state index is 0.156. The molecule has 33 heavy (non-hydrogen) atoms. The summed E-state index contributed by atoms with van der Waals surface area (Å²) in [6, 6.07) is 23.6. The molecule has 7 nitrogen and oxygen atoms in total. The summed E-state index contributed by atoms with van der Waals surface area (Å²) < 4.78 is 11.6. The zero-order valence-electron chi connectivity index (χ0n) is 18.3. The number of anilines is 2. The first-order valence-electron chi connectivity index (χ1n) is 10.5. The number of carbonyl (C=O) groups excluding carboxylic acids is 2. The van der Waals surface area contributed by atoms with E-state index in [1.54, 1.807) is 42.5 Å². The number of oxazole rings is 1. The molecule has 0 radical (unpaired) electrons. The zero-order chi connectivity index (χ0) is 23.2. The first-order valence-corrected chi connectivity index (χ1v) is 10.5. The normalized spacial score (nSPS) is 10.5. The van der Waals surface area contributed by atoms with E-state index in [9.17, 15) is 9.59 Å². The van der Waals surface area contributed by atoms with E-state index < -0.39 is 5.91 Å². The molecule has 1 aromatic heterocycles. The van der Waals surface area contributed by atoms with Crippen LogP contribution in [0.1, 0.15) is 24.3 Å². The fourth-order valence-corrected chi connectivity index (χ4v) is 3.30. The number of carbonyl (C=O) groups is 2. The number of amides is 2. The highest BCUT2D eigenvalue weighted by Crippen LogP contribution is 2.31. The topological polar surface area (TPSA) is 93.5 Å². The Bertz CT molecular complexity index is 1260. The lowest BCUT2D eigenvalue weighted by Gasteiger charge is -2.08. The van der Waals surface area contributed by atoms with Crippen LogP contribution in [-0.2, 0) is 4.79 Å². The van der Waals surface area contributed by atoms with Crippen molar-refractivity contribution in [2.45, 2.75) is 13.8 Å². The number of hydrogen-bond acceptors (Lipinski definition) is 5. The predicted molar refractivity (Wildman–Crippen MR) is 127 cm³/mol. The standard InChI is InChI=1S/C26H23N3O4/c1-3-32-22-11-7-10-21(16-22)28-25(31)23-24(18-12-14-20(15-13-18)27-17(2)30)33-26(29-23)19-8-5-4-6-9-19/h4-16H,3H2,1-2H3,(H,27,30)(H,28,31). The molecule has 0 fully saturated rings. The van der Waals surface area contributed by atoms with Gasteiger partial charge in [0.15, 0.2) is 11.5 Å². The first-order chi connectivity index (χ1) is 16.0. The van der Waals surface area contributed by atoms with Gasteiger partial charge in [-0.2, -0.15) is 0 Å². The van der Waals surface area contributed by atoms with Gasteiger partial charge in [-0.3, -0.25) is 9.59 Å². The van der Waals surface area contributed by atoms with Crippen LogP contribution in [0.2, 0.25) is 0 Å². The van der Waals surface area contributed by atoms with Gasteiger partial charge in [0, 0.05) is 35.5 Å². The summed E-state index contributed by atoms with van der Waals surface area (Å²) >= 11 is 0. The van der Waals surface area contributed by atoms with Crippen LogP contribution in [0.3, 0.4) is 0 Å². The molecular formula is C26H23N3O4. The fourth-order valence-electron chi connectivity index (χ4n) is 3.30. The summed E-state index contributed by atoms with van der Waals surface area (Å²) in [5.41, 5.74) is 2.80. The van der Waals surface area contributed by atoms with Gasteiger partial charge in [0.1, 0.15) is 5.75 Å². The van der Waals surface area contributed by atoms with Crippen molar-refractivity contribution in [3.63, 3.8) is 0 Å². The van der Waals surface area contributed by atoms with E-state index in [2.05, 4.69) is 15.6 Å². The van der Waals surface area contributed by atoms with E-state index >= 15 is 0 Å². The number of aromatic nitrogens is 1. The number of benzene rings is 3. The lowest BCUT2D eigenvalue weighted by atomic mass is 10.1. The summed E-state index contributed by atoms with van der Waals surface area (Å²) in [7, 11) is 0. The number of rotatable bonds is 7. The SMILES string of the molecule is CCOc1cccc(NC(=O)c2nc(-c3ccccc3)oc2-c2ccc(NC(C)=O)cc2)c1. The van der Waals surface area contributed by atoms with Gasteiger partial charge in [0.25, 0.3) is 5.91 Å². The minimum Gasteiger partial charge on any atom is -0.494 e. The molecular weight excluding hydrogens is 418 g/mol. The maximum absolute atomic E-state index is 13.2. The zero-order valence-corrected chi connectivity index (χ0v) is 18.3. The largest absolute Gasteiger partial charge is 0.494 e. The molecule has 4 aromatic rings. The number of ether oxygens (including phenoxy) is 1. The maximum Gasteiger partial charge on any atom is 0.278 e. The van der Waals surface area contributed by atoms with Gasteiger partial charge < -0.3 is 19.8 Å². The van der Waals surface area contributed by atoms with E-state index in [0.717, 1.165) is 5.56 Å². The van der Waals surface area contributed by atoms with Gasteiger partial charge in [-0.05, 0) is 55.5 Å². The van der Waals surface area contributed by atoms with Crippen molar-refractivity contribution in [3.05, 3.63) is 84.6 Å². The van der Waals surface area contributed by atoms with Gasteiger partial charge in [0.2, 0.25) is 11.8 Å². The van der Waals surface area contributed by atoms with Gasteiger partial charge in [0.05, 0.1) is 6.61 Å². The van der Waals surface area contributed by atoms with Crippen LogP contribution in [0.4, 0.5) is 11.4 Å². The summed E-state index contributed by atoms with van der Waals surface area (Å²) in [5.74, 6) is 0.763. The van der Waals surface area contributed by atoms with Crippen LogP contribution in [0.25, 0.3) is 22.8 Å². The highest BCUT2D eigenvalue weighted by Gasteiger charge is 2.22. The van der Waals surface area contributed by atoms with Crippen LogP contribution < -0.4 is 15.4 Å². The molecule has 0 aliphatic carbocycles. The van der Waals surface area contributed by atoms with E-state index in [0.29, 0.717) is 40.9 Å². The molecule has 0 spiro atoms. The molecule has 166 valence electrons. The molecule has 0 aliphatic rings. The molecule has 0 unspecified atom stereocenters. The number of hydrogen-bond donors (Lipinski definition) is 2. The summed E-state index contributed by atoms with van der Waals surface area (Å²) in [5, 5.41) is 5.59. The molecule has 2 N–H and O–H groups in total. The highest BCUT2D eigenvalue weighted by atomic mass is 16.5. The lowest BCUT2D eigenvalue weighted by Crippen LogP contribution is -2.13. The summed E-state index contributed by atoms with van der Waals surface area (Å²) in [6.45, 7) is 3.87. The molecule has 1 heterocycles. The molecule has 0 saturated carbocycles. The van der Waals surface area contributed by atoms with Crippen molar-refractivity contribution < 1.29 is 18.7 Å². The number of nitrogens with one attached hydrogen (secondary N) is 2. The molecule has 0 atom stereocenters. The fraction of sp³-hybridized carbons (Fsp3) is 0.115. The van der Waals surface area contributed by atoms with Crippen molar-refractivity contribution in [1.82, 2.24) is 4.98 Å². The van der Waals surface area contributed by atoms with E-state index in [4.69, 9.17) is 9.15 Å². The smallest absolute Gasteiger partial charge is 0.278 e. The molecule has 2 amide bonds. The molecule has 0 aliphatic heterocycles. The predicted octanol–water partition coefficient (Wildman–Crippen LogP) is 5.62. The minimum atomic E-state index is -0.407. The third-order valence-electron chi connectivity index (χ3n) is 4.73. The van der Waals surface area contributed by atoms with Crippen LogP contribution in [0.15, 0.2) is 83.3 Å². The van der Waals surface area contributed by atoms with Crippen LogP contribution in [0, 0.1) is 0 Å². The average Bonchev–Trinajstić information content (AvgIpc) is 3.26. The quantitative estimate of drug-likeness (QED) is 0.388. The van der Waals surface area contributed by atoms with Gasteiger partial charge in [-0.15, -0.1) is 0 Å². The molecule has 0 saturated heterocycles. The first kappa shape index (κ1) is 21.8. The van der Waals surface area contributed by atoms with E-state index in [-0.39, 0.29) is 11.6 Å².